The van der Waals surface area contributed by atoms with Crippen LogP contribution in [0.1, 0.15) is 19.4 Å². The first-order valence-corrected chi connectivity index (χ1v) is 8.63. The molecule has 0 spiro atoms. The van der Waals surface area contributed by atoms with E-state index in [4.69, 9.17) is 16.3 Å². The first-order valence-electron chi connectivity index (χ1n) is 6.66. The van der Waals surface area contributed by atoms with E-state index in [1.165, 1.54) is 16.4 Å². The number of aryl methyl sites for hydroxylation is 1. The topological polar surface area (TPSA) is 46.6 Å². The van der Waals surface area contributed by atoms with Crippen molar-refractivity contribution < 1.29 is 17.5 Å². The molecule has 0 radical (unpaired) electrons. The minimum atomic E-state index is -3.77. The Morgan fingerprint density at radius 3 is 2.76 bits per heavy atom. The van der Waals surface area contributed by atoms with Crippen molar-refractivity contribution >= 4 is 21.6 Å². The molecule has 1 aromatic carbocycles. The Hall–Kier alpha value is -0.690. The third-order valence-electron chi connectivity index (χ3n) is 3.39. The number of hydrogen-bond acceptors (Lipinski definition) is 3. The van der Waals surface area contributed by atoms with Crippen LogP contribution in [0.25, 0.3) is 0 Å². The van der Waals surface area contributed by atoms with E-state index >= 15 is 0 Å². The second-order valence-corrected chi connectivity index (χ2v) is 8.08. The summed E-state index contributed by atoms with van der Waals surface area (Å²) in [6, 6.07) is 3.77. The highest BCUT2D eigenvalue weighted by Crippen LogP contribution is 2.28. The van der Waals surface area contributed by atoms with E-state index in [0.717, 1.165) is 6.07 Å². The largest absolute Gasteiger partial charge is 0.368 e. The van der Waals surface area contributed by atoms with Crippen molar-refractivity contribution in [3.05, 3.63) is 29.6 Å². The van der Waals surface area contributed by atoms with Crippen LogP contribution < -0.4 is 0 Å². The van der Waals surface area contributed by atoms with Crippen molar-refractivity contribution in [1.29, 1.82) is 0 Å². The maximum atomic E-state index is 13.4. The standard InChI is InChI=1S/C14H19ClFNO3S/c1-10-4-5-11(16)6-13(10)21(18,19)17-8-12(7-15)20-14(2,3)9-17/h4-6,12H,7-9H2,1-3H3. The van der Waals surface area contributed by atoms with Crippen LogP contribution in [-0.4, -0.2) is 43.4 Å². The smallest absolute Gasteiger partial charge is 0.243 e. The fraction of sp³-hybridized carbons (Fsp3) is 0.571. The average Bonchev–Trinajstić information content (AvgIpc) is 2.39. The van der Waals surface area contributed by atoms with E-state index in [2.05, 4.69) is 0 Å². The van der Waals surface area contributed by atoms with Crippen molar-refractivity contribution in [2.45, 2.75) is 37.4 Å². The van der Waals surface area contributed by atoms with Crippen molar-refractivity contribution in [2.24, 2.45) is 0 Å². The van der Waals surface area contributed by atoms with Gasteiger partial charge in [0.15, 0.2) is 0 Å². The van der Waals surface area contributed by atoms with Gasteiger partial charge in [0.05, 0.1) is 16.6 Å². The summed E-state index contributed by atoms with van der Waals surface area (Å²) in [7, 11) is -3.77. The van der Waals surface area contributed by atoms with Gasteiger partial charge in [0, 0.05) is 19.0 Å². The first-order chi connectivity index (χ1) is 9.65. The van der Waals surface area contributed by atoms with Crippen molar-refractivity contribution in [1.82, 2.24) is 4.31 Å². The molecular weight excluding hydrogens is 317 g/mol. The predicted octanol–water partition coefficient (Wildman–Crippen LogP) is 2.54. The maximum Gasteiger partial charge on any atom is 0.243 e. The molecule has 1 aromatic rings. The molecule has 0 N–H and O–H groups in total. The summed E-state index contributed by atoms with van der Waals surface area (Å²) in [5.41, 5.74) is -0.116. The monoisotopic (exact) mass is 335 g/mol. The number of sulfonamides is 1. The molecule has 0 saturated carbocycles. The third kappa shape index (κ3) is 3.56. The van der Waals surface area contributed by atoms with Crippen LogP contribution in [0, 0.1) is 12.7 Å². The summed E-state index contributed by atoms with van der Waals surface area (Å²) in [6.45, 7) is 5.65. The summed E-state index contributed by atoms with van der Waals surface area (Å²) in [5.74, 6) is -0.363. The van der Waals surface area contributed by atoms with Crippen LogP contribution in [-0.2, 0) is 14.8 Å². The lowest BCUT2D eigenvalue weighted by Gasteiger charge is -2.41. The van der Waals surface area contributed by atoms with E-state index in [1.54, 1.807) is 6.92 Å². The Balaban J connectivity index is 2.41. The average molecular weight is 336 g/mol. The number of hydrogen-bond donors (Lipinski definition) is 0. The molecule has 1 atom stereocenters. The first kappa shape index (κ1) is 16.7. The number of benzene rings is 1. The Labute approximate surface area is 129 Å². The van der Waals surface area contributed by atoms with Gasteiger partial charge in [0.1, 0.15) is 5.82 Å². The zero-order valence-corrected chi connectivity index (χ0v) is 13.8. The molecule has 118 valence electrons. The van der Waals surface area contributed by atoms with Crippen LogP contribution in [0.15, 0.2) is 23.1 Å². The molecule has 7 heteroatoms. The minimum absolute atomic E-state index is 0.00600. The molecule has 1 saturated heterocycles. The number of rotatable bonds is 3. The fourth-order valence-electron chi connectivity index (χ4n) is 2.50. The normalized spacial score (nSPS) is 23.2. The van der Waals surface area contributed by atoms with E-state index < -0.39 is 21.4 Å². The molecule has 0 amide bonds. The van der Waals surface area contributed by atoms with E-state index in [-0.39, 0.29) is 30.0 Å². The summed E-state index contributed by atoms with van der Waals surface area (Å²) in [4.78, 5) is -0.00600. The van der Waals surface area contributed by atoms with Gasteiger partial charge in [-0.25, -0.2) is 12.8 Å². The van der Waals surface area contributed by atoms with E-state index in [1.807, 2.05) is 13.8 Å². The second-order valence-electron chi connectivity index (χ2n) is 5.86. The molecule has 0 aromatic heterocycles. The second kappa shape index (κ2) is 5.83. The highest BCUT2D eigenvalue weighted by atomic mass is 35.5. The van der Waals surface area contributed by atoms with Crippen LogP contribution in [0.5, 0.6) is 0 Å². The van der Waals surface area contributed by atoms with Gasteiger partial charge in [0.2, 0.25) is 10.0 Å². The maximum absolute atomic E-state index is 13.4. The van der Waals surface area contributed by atoms with Gasteiger partial charge in [-0.1, -0.05) is 6.07 Å². The zero-order chi connectivity index (χ0) is 15.8. The van der Waals surface area contributed by atoms with Crippen LogP contribution in [0.4, 0.5) is 4.39 Å². The third-order valence-corrected chi connectivity index (χ3v) is 5.69. The Bertz CT molecular complexity index is 633. The van der Waals surface area contributed by atoms with Crippen LogP contribution in [0.3, 0.4) is 0 Å². The SMILES string of the molecule is Cc1ccc(F)cc1S(=O)(=O)N1CC(CCl)OC(C)(C)C1. The summed E-state index contributed by atoms with van der Waals surface area (Å²) >= 11 is 5.82. The fourth-order valence-corrected chi connectivity index (χ4v) is 4.51. The minimum Gasteiger partial charge on any atom is -0.368 e. The summed E-state index contributed by atoms with van der Waals surface area (Å²) in [5, 5.41) is 0. The number of alkyl halides is 1. The molecule has 1 aliphatic heterocycles. The van der Waals surface area contributed by atoms with Crippen molar-refractivity contribution in [2.75, 3.05) is 19.0 Å². The molecule has 0 bridgehead atoms. The van der Waals surface area contributed by atoms with Crippen molar-refractivity contribution in [3.8, 4) is 0 Å². The number of halogens is 2. The Morgan fingerprint density at radius 1 is 1.48 bits per heavy atom. The lowest BCUT2D eigenvalue weighted by atomic mass is 10.1. The highest BCUT2D eigenvalue weighted by molar-refractivity contribution is 7.89. The van der Waals surface area contributed by atoms with Gasteiger partial charge in [-0.05, 0) is 38.5 Å². The lowest BCUT2D eigenvalue weighted by molar-refractivity contribution is -0.107. The zero-order valence-electron chi connectivity index (χ0n) is 12.3. The van der Waals surface area contributed by atoms with Gasteiger partial charge in [0.25, 0.3) is 0 Å². The quantitative estimate of drug-likeness (QED) is 0.797. The van der Waals surface area contributed by atoms with Crippen molar-refractivity contribution in [3.63, 3.8) is 0 Å². The highest BCUT2D eigenvalue weighted by Gasteiger charge is 2.39. The van der Waals surface area contributed by atoms with E-state index in [9.17, 15) is 12.8 Å². The number of nitrogens with zero attached hydrogens (tertiary/aromatic N) is 1. The molecule has 21 heavy (non-hydrogen) atoms. The molecule has 1 aliphatic rings. The number of ether oxygens (including phenoxy) is 1. The molecule has 1 heterocycles. The molecule has 0 aliphatic carbocycles. The van der Waals surface area contributed by atoms with Gasteiger partial charge in [-0.15, -0.1) is 11.6 Å². The van der Waals surface area contributed by atoms with Crippen LogP contribution >= 0.6 is 11.6 Å². The molecular formula is C14H19ClFNO3S. The Morgan fingerprint density at radius 2 is 2.14 bits per heavy atom. The molecule has 1 unspecified atom stereocenters. The van der Waals surface area contributed by atoms with Gasteiger partial charge in [-0.3, -0.25) is 0 Å². The molecule has 1 fully saturated rings. The Kier molecular flexibility index (Phi) is 4.63. The van der Waals surface area contributed by atoms with Gasteiger partial charge in [-0.2, -0.15) is 4.31 Å². The predicted molar refractivity (Wildman–Crippen MR) is 79.6 cm³/mol. The van der Waals surface area contributed by atoms with Gasteiger partial charge >= 0.3 is 0 Å². The summed E-state index contributed by atoms with van der Waals surface area (Å²) < 4.78 is 46.0. The summed E-state index contributed by atoms with van der Waals surface area (Å²) in [6.07, 6.45) is -0.376. The lowest BCUT2D eigenvalue weighted by Crippen LogP contribution is -2.55. The molecule has 2 rings (SSSR count). The van der Waals surface area contributed by atoms with E-state index in [0.29, 0.717) is 5.56 Å². The van der Waals surface area contributed by atoms with Gasteiger partial charge < -0.3 is 4.74 Å². The van der Waals surface area contributed by atoms with Crippen LogP contribution in [0.2, 0.25) is 0 Å². The number of morpholine rings is 1. The molecule has 4 nitrogen and oxygen atoms in total.